The summed E-state index contributed by atoms with van der Waals surface area (Å²) < 4.78 is 10.5. The van der Waals surface area contributed by atoms with E-state index in [0.717, 1.165) is 31.5 Å². The maximum Gasteiger partial charge on any atom is 0.259 e. The van der Waals surface area contributed by atoms with Crippen LogP contribution in [0.5, 0.6) is 11.5 Å². The number of nitrogens with zero attached hydrogens (tertiary/aromatic N) is 2. The SMILES string of the molecule is CCCN(CCC)c1ccc(C=NNC(=O)CNC(=O)c2ccc3c(c2)OCO3)cc1. The number of carbonyl (C=O) groups excluding carboxylic acids is 2. The number of amides is 2. The van der Waals surface area contributed by atoms with Crippen molar-refractivity contribution in [2.45, 2.75) is 26.7 Å². The van der Waals surface area contributed by atoms with Crippen molar-refractivity contribution in [3.8, 4) is 11.5 Å². The molecular weight excluding hydrogens is 396 g/mol. The molecule has 1 aliphatic rings. The highest BCUT2D eigenvalue weighted by atomic mass is 16.7. The highest BCUT2D eigenvalue weighted by Gasteiger charge is 2.16. The van der Waals surface area contributed by atoms with E-state index < -0.39 is 5.91 Å². The molecule has 0 radical (unpaired) electrons. The van der Waals surface area contributed by atoms with E-state index in [0.29, 0.717) is 17.1 Å². The van der Waals surface area contributed by atoms with Gasteiger partial charge in [0.25, 0.3) is 11.8 Å². The lowest BCUT2D eigenvalue weighted by Gasteiger charge is -2.23. The van der Waals surface area contributed by atoms with Crippen molar-refractivity contribution >= 4 is 23.7 Å². The summed E-state index contributed by atoms with van der Waals surface area (Å²) in [6.07, 6.45) is 3.77. The first-order valence-electron chi connectivity index (χ1n) is 10.5. The monoisotopic (exact) mass is 424 g/mol. The molecule has 0 fully saturated rings. The molecule has 0 spiro atoms. The molecule has 0 atom stereocenters. The molecule has 0 aromatic heterocycles. The summed E-state index contributed by atoms with van der Waals surface area (Å²) in [6, 6.07) is 12.9. The quantitative estimate of drug-likeness (QED) is 0.452. The zero-order valence-electron chi connectivity index (χ0n) is 17.9. The van der Waals surface area contributed by atoms with E-state index in [2.05, 4.69) is 46.7 Å². The van der Waals surface area contributed by atoms with Crippen LogP contribution in [0.15, 0.2) is 47.6 Å². The molecule has 3 rings (SSSR count). The zero-order chi connectivity index (χ0) is 22.1. The van der Waals surface area contributed by atoms with Crippen molar-refractivity contribution in [2.24, 2.45) is 5.10 Å². The smallest absolute Gasteiger partial charge is 0.259 e. The first kappa shape index (κ1) is 22.1. The van der Waals surface area contributed by atoms with Crippen LogP contribution in [0.2, 0.25) is 0 Å². The Kier molecular flexibility index (Phi) is 7.86. The van der Waals surface area contributed by atoms with Crippen molar-refractivity contribution in [1.82, 2.24) is 10.7 Å². The van der Waals surface area contributed by atoms with Crippen molar-refractivity contribution in [3.05, 3.63) is 53.6 Å². The third-order valence-corrected chi connectivity index (χ3v) is 4.69. The van der Waals surface area contributed by atoms with Crippen LogP contribution < -0.4 is 25.1 Å². The summed E-state index contributed by atoms with van der Waals surface area (Å²) in [4.78, 5) is 26.5. The van der Waals surface area contributed by atoms with Crippen LogP contribution in [-0.4, -0.2) is 44.5 Å². The van der Waals surface area contributed by atoms with Crippen LogP contribution in [-0.2, 0) is 4.79 Å². The molecule has 0 bridgehead atoms. The minimum Gasteiger partial charge on any atom is -0.454 e. The fraction of sp³-hybridized carbons (Fsp3) is 0.348. The Balaban J connectivity index is 1.45. The Hall–Kier alpha value is -3.55. The highest BCUT2D eigenvalue weighted by molar-refractivity contribution is 5.97. The maximum absolute atomic E-state index is 12.2. The molecule has 0 saturated carbocycles. The second-order valence-electron chi connectivity index (χ2n) is 7.12. The van der Waals surface area contributed by atoms with E-state index >= 15 is 0 Å². The van der Waals surface area contributed by atoms with Gasteiger partial charge in [-0.15, -0.1) is 0 Å². The van der Waals surface area contributed by atoms with Gasteiger partial charge in [-0.3, -0.25) is 9.59 Å². The van der Waals surface area contributed by atoms with E-state index in [9.17, 15) is 9.59 Å². The lowest BCUT2D eigenvalue weighted by molar-refractivity contribution is -0.120. The molecule has 2 N–H and O–H groups in total. The van der Waals surface area contributed by atoms with Gasteiger partial charge in [-0.2, -0.15) is 5.10 Å². The Morgan fingerprint density at radius 1 is 1.03 bits per heavy atom. The molecule has 0 saturated heterocycles. The average molecular weight is 425 g/mol. The number of nitrogens with one attached hydrogen (secondary N) is 2. The fourth-order valence-electron chi connectivity index (χ4n) is 3.20. The third-order valence-electron chi connectivity index (χ3n) is 4.69. The molecule has 1 heterocycles. The number of ether oxygens (including phenoxy) is 2. The van der Waals surface area contributed by atoms with Crippen LogP contribution in [0.1, 0.15) is 42.6 Å². The number of hydrogen-bond donors (Lipinski definition) is 2. The minimum atomic E-state index is -0.418. The minimum absolute atomic E-state index is 0.138. The molecule has 164 valence electrons. The Morgan fingerprint density at radius 3 is 2.45 bits per heavy atom. The number of benzene rings is 2. The zero-order valence-corrected chi connectivity index (χ0v) is 17.9. The molecule has 1 aliphatic heterocycles. The third kappa shape index (κ3) is 6.21. The molecule has 0 unspecified atom stereocenters. The van der Waals surface area contributed by atoms with Crippen LogP contribution in [0, 0.1) is 0 Å². The van der Waals surface area contributed by atoms with Crippen LogP contribution in [0.4, 0.5) is 5.69 Å². The van der Waals surface area contributed by atoms with Gasteiger partial charge in [-0.1, -0.05) is 26.0 Å². The molecule has 2 aromatic carbocycles. The number of carbonyl (C=O) groups is 2. The second kappa shape index (κ2) is 11.0. The van der Waals surface area contributed by atoms with Crippen molar-refractivity contribution in [2.75, 3.05) is 31.3 Å². The molecule has 2 amide bonds. The van der Waals surface area contributed by atoms with Gasteiger partial charge in [-0.25, -0.2) is 5.43 Å². The van der Waals surface area contributed by atoms with Gasteiger partial charge in [0.1, 0.15) is 0 Å². The maximum atomic E-state index is 12.2. The van der Waals surface area contributed by atoms with Gasteiger partial charge >= 0.3 is 0 Å². The Labute approximate surface area is 182 Å². The number of fused-ring (bicyclic) bond motifs is 1. The molecular formula is C23H28N4O4. The van der Waals surface area contributed by atoms with Gasteiger partial charge in [0.2, 0.25) is 6.79 Å². The molecule has 8 heteroatoms. The Bertz CT molecular complexity index is 922. The summed E-state index contributed by atoms with van der Waals surface area (Å²) in [5.41, 5.74) is 4.86. The topological polar surface area (TPSA) is 92.3 Å². The van der Waals surface area contributed by atoms with Crippen molar-refractivity contribution in [1.29, 1.82) is 0 Å². The average Bonchev–Trinajstić information content (AvgIpc) is 3.26. The molecule has 0 aliphatic carbocycles. The predicted octanol–water partition coefficient (Wildman–Crippen LogP) is 2.92. The first-order chi connectivity index (χ1) is 15.1. The van der Waals surface area contributed by atoms with Crippen molar-refractivity contribution < 1.29 is 19.1 Å². The van der Waals surface area contributed by atoms with E-state index in [4.69, 9.17) is 9.47 Å². The molecule has 2 aromatic rings. The number of rotatable bonds is 10. The molecule has 8 nitrogen and oxygen atoms in total. The van der Waals surface area contributed by atoms with Crippen molar-refractivity contribution in [3.63, 3.8) is 0 Å². The summed E-state index contributed by atoms with van der Waals surface area (Å²) in [5, 5.41) is 6.52. The second-order valence-corrected chi connectivity index (χ2v) is 7.12. The Morgan fingerprint density at radius 2 is 1.74 bits per heavy atom. The lowest BCUT2D eigenvalue weighted by atomic mass is 10.2. The largest absolute Gasteiger partial charge is 0.454 e. The van der Waals surface area contributed by atoms with Gasteiger partial charge in [0.05, 0.1) is 12.8 Å². The summed E-state index contributed by atoms with van der Waals surface area (Å²) in [7, 11) is 0. The normalized spacial score (nSPS) is 12.1. The standard InChI is InChI=1S/C23H28N4O4/c1-3-11-27(12-4-2)19-8-5-17(6-9-19)14-25-26-22(28)15-24-23(29)18-7-10-20-21(13-18)31-16-30-20/h5-10,13-14H,3-4,11-12,15-16H2,1-2H3,(H,24,29)(H,26,28). The first-order valence-corrected chi connectivity index (χ1v) is 10.5. The van der Waals surface area contributed by atoms with Gasteiger partial charge in [-0.05, 0) is 48.7 Å². The van der Waals surface area contributed by atoms with Crippen LogP contribution in [0.3, 0.4) is 0 Å². The predicted molar refractivity (Wildman–Crippen MR) is 120 cm³/mol. The fourth-order valence-corrected chi connectivity index (χ4v) is 3.20. The van der Waals surface area contributed by atoms with E-state index in [-0.39, 0.29) is 19.2 Å². The van der Waals surface area contributed by atoms with E-state index in [1.54, 1.807) is 24.4 Å². The van der Waals surface area contributed by atoms with E-state index in [1.807, 2.05) is 12.1 Å². The summed E-state index contributed by atoms with van der Waals surface area (Å²) in [6.45, 7) is 6.34. The van der Waals surface area contributed by atoms with Gasteiger partial charge < -0.3 is 19.7 Å². The van der Waals surface area contributed by atoms with Gasteiger partial charge in [0.15, 0.2) is 11.5 Å². The summed E-state index contributed by atoms with van der Waals surface area (Å²) >= 11 is 0. The highest BCUT2D eigenvalue weighted by Crippen LogP contribution is 2.32. The number of anilines is 1. The number of hydrazone groups is 1. The number of hydrogen-bond acceptors (Lipinski definition) is 6. The molecule has 31 heavy (non-hydrogen) atoms. The summed E-state index contributed by atoms with van der Waals surface area (Å²) in [5.74, 6) is 0.316. The van der Waals surface area contributed by atoms with Crippen LogP contribution >= 0.6 is 0 Å². The van der Waals surface area contributed by atoms with Gasteiger partial charge in [0, 0.05) is 24.3 Å². The van der Waals surface area contributed by atoms with Crippen LogP contribution in [0.25, 0.3) is 0 Å². The lowest BCUT2D eigenvalue weighted by Crippen LogP contribution is -2.34. The van der Waals surface area contributed by atoms with E-state index in [1.165, 1.54) is 5.69 Å².